The lowest BCUT2D eigenvalue weighted by Gasteiger charge is -2.29. The summed E-state index contributed by atoms with van der Waals surface area (Å²) in [4.78, 5) is 36.7. The molecule has 6 rings (SSSR count). The summed E-state index contributed by atoms with van der Waals surface area (Å²) < 4.78 is 5.44. The molecule has 2 aliphatic heterocycles. The summed E-state index contributed by atoms with van der Waals surface area (Å²) in [7, 11) is 0. The summed E-state index contributed by atoms with van der Waals surface area (Å²) in [5.41, 5.74) is 3.25. The topological polar surface area (TPSA) is 74.8 Å². The number of nitrogens with one attached hydrogen (secondary N) is 1. The van der Waals surface area contributed by atoms with E-state index in [-0.39, 0.29) is 11.8 Å². The van der Waals surface area contributed by atoms with Crippen molar-refractivity contribution >= 4 is 46.3 Å². The first kappa shape index (κ1) is 22.5. The highest BCUT2D eigenvalue weighted by atomic mass is 35.5. The molecule has 1 saturated heterocycles. The largest absolute Gasteiger partial charge is 0.378 e. The second-order valence-corrected chi connectivity index (χ2v) is 10.5. The molecule has 9 heteroatoms. The Morgan fingerprint density at radius 3 is 2.69 bits per heavy atom. The Balaban J connectivity index is 1.32. The average molecular weight is 509 g/mol. The lowest BCUT2D eigenvalue weighted by Crippen LogP contribution is -2.38. The Morgan fingerprint density at radius 2 is 1.89 bits per heavy atom. The summed E-state index contributed by atoms with van der Waals surface area (Å²) >= 11 is 7.95. The van der Waals surface area contributed by atoms with E-state index < -0.39 is 0 Å². The van der Waals surface area contributed by atoms with Crippen LogP contribution in [0, 0.1) is 0 Å². The van der Waals surface area contributed by atoms with Gasteiger partial charge in [0.2, 0.25) is 0 Å². The van der Waals surface area contributed by atoms with Crippen molar-refractivity contribution in [2.45, 2.75) is 25.3 Å². The number of ether oxygens (including phenoxy) is 1. The zero-order chi connectivity index (χ0) is 23.9. The van der Waals surface area contributed by atoms with Crippen molar-refractivity contribution in [3.05, 3.63) is 63.6 Å². The third kappa shape index (κ3) is 4.42. The summed E-state index contributed by atoms with van der Waals surface area (Å²) in [6.07, 6.45) is 2.78. The Hall–Kier alpha value is -2.94. The van der Waals surface area contributed by atoms with Crippen LogP contribution in [0.2, 0.25) is 5.02 Å². The van der Waals surface area contributed by atoms with E-state index in [4.69, 9.17) is 16.3 Å². The van der Waals surface area contributed by atoms with Crippen LogP contribution in [0.1, 0.15) is 38.6 Å². The minimum atomic E-state index is -0.162. The first-order valence-electron chi connectivity index (χ1n) is 11.9. The number of pyridine rings is 1. The van der Waals surface area contributed by atoms with Gasteiger partial charge in [0, 0.05) is 36.1 Å². The Morgan fingerprint density at radius 1 is 1.09 bits per heavy atom. The van der Waals surface area contributed by atoms with Gasteiger partial charge in [-0.25, -0.2) is 4.98 Å². The van der Waals surface area contributed by atoms with Crippen LogP contribution in [-0.4, -0.2) is 55.7 Å². The summed E-state index contributed by atoms with van der Waals surface area (Å²) in [5, 5.41) is 3.61. The molecular formula is C26H25ClN4O3S. The predicted octanol–water partition coefficient (Wildman–Crippen LogP) is 4.40. The van der Waals surface area contributed by atoms with E-state index in [0.29, 0.717) is 61.8 Å². The van der Waals surface area contributed by atoms with Crippen LogP contribution < -0.4 is 15.1 Å². The molecule has 3 aliphatic rings. The number of carbonyl (C=O) groups excluding carboxylic acids is 2. The first-order chi connectivity index (χ1) is 17.1. The molecule has 7 nitrogen and oxygen atoms in total. The number of anilines is 2. The van der Waals surface area contributed by atoms with E-state index in [1.807, 2.05) is 30.3 Å². The monoisotopic (exact) mass is 508 g/mol. The fraction of sp³-hybridized carbons (Fsp3) is 0.346. The molecule has 2 amide bonds. The van der Waals surface area contributed by atoms with E-state index in [9.17, 15) is 9.59 Å². The maximum Gasteiger partial charge on any atom is 0.276 e. The van der Waals surface area contributed by atoms with Crippen molar-refractivity contribution in [3.8, 4) is 10.4 Å². The SMILES string of the molecule is O=C(NC1CC1)c1cc2c(s1)-c1ccccc1N(C(=O)c1ccc(Cl)c(N3CCOCC3)n1)CC2. The number of halogens is 1. The normalized spacial score (nSPS) is 17.4. The highest BCUT2D eigenvalue weighted by Crippen LogP contribution is 2.42. The molecule has 1 aliphatic carbocycles. The number of para-hydroxylation sites is 1. The molecule has 1 saturated carbocycles. The van der Waals surface area contributed by atoms with E-state index in [1.165, 1.54) is 11.3 Å². The van der Waals surface area contributed by atoms with Crippen molar-refractivity contribution < 1.29 is 14.3 Å². The first-order valence-corrected chi connectivity index (χ1v) is 13.1. The predicted molar refractivity (Wildman–Crippen MR) is 138 cm³/mol. The van der Waals surface area contributed by atoms with E-state index in [1.54, 1.807) is 17.0 Å². The van der Waals surface area contributed by atoms with Gasteiger partial charge < -0.3 is 19.9 Å². The number of fused-ring (bicyclic) bond motifs is 3. The molecule has 0 atom stereocenters. The summed E-state index contributed by atoms with van der Waals surface area (Å²) in [6, 6.07) is 13.6. The second kappa shape index (κ2) is 9.26. The number of carbonyl (C=O) groups is 2. The van der Waals surface area contributed by atoms with Crippen molar-refractivity contribution in [1.82, 2.24) is 10.3 Å². The molecule has 0 radical (unpaired) electrons. The zero-order valence-corrected chi connectivity index (χ0v) is 20.7. The number of morpholine rings is 1. The maximum absolute atomic E-state index is 13.8. The van der Waals surface area contributed by atoms with Gasteiger partial charge >= 0.3 is 0 Å². The lowest BCUT2D eigenvalue weighted by molar-refractivity contribution is 0.0952. The molecule has 1 aromatic carbocycles. The molecule has 3 aromatic rings. The molecule has 0 bridgehead atoms. The molecule has 1 N–H and O–H groups in total. The summed E-state index contributed by atoms with van der Waals surface area (Å²) in [6.45, 7) is 3.10. The van der Waals surface area contributed by atoms with Crippen molar-refractivity contribution in [1.29, 1.82) is 0 Å². The second-order valence-electron chi connectivity index (χ2n) is 9.04. The van der Waals surface area contributed by atoms with Crippen LogP contribution in [0.15, 0.2) is 42.5 Å². The van der Waals surface area contributed by atoms with Crippen LogP contribution >= 0.6 is 22.9 Å². The standard InChI is InChI=1S/C26H25ClN4O3S/c27-19-7-8-20(29-24(19)30-11-13-34-14-12-30)26(33)31-10-9-16-15-22(25(32)28-17-5-6-17)35-23(16)18-3-1-2-4-21(18)31/h1-4,7-8,15,17H,5-6,9-14H2,(H,28,32). The van der Waals surface area contributed by atoms with Gasteiger partial charge in [0.1, 0.15) is 11.5 Å². The van der Waals surface area contributed by atoms with Gasteiger partial charge in [-0.05, 0) is 49.1 Å². The fourth-order valence-corrected chi connectivity index (χ4v) is 5.96. The molecule has 2 aromatic heterocycles. The number of amides is 2. The number of rotatable bonds is 4. The minimum Gasteiger partial charge on any atom is -0.378 e. The number of nitrogens with zero attached hydrogens (tertiary/aromatic N) is 3. The molecule has 35 heavy (non-hydrogen) atoms. The average Bonchev–Trinajstić information content (AvgIpc) is 3.63. The number of thiophene rings is 1. The van der Waals surface area contributed by atoms with Gasteiger partial charge in [0.15, 0.2) is 0 Å². The van der Waals surface area contributed by atoms with Crippen molar-refractivity contribution in [2.24, 2.45) is 0 Å². The molecule has 2 fully saturated rings. The third-order valence-corrected chi connectivity index (χ3v) is 8.10. The van der Waals surface area contributed by atoms with Gasteiger partial charge in [0.05, 0.1) is 28.8 Å². The van der Waals surface area contributed by atoms with Crippen LogP contribution in [0.3, 0.4) is 0 Å². The van der Waals surface area contributed by atoms with E-state index >= 15 is 0 Å². The highest BCUT2D eigenvalue weighted by molar-refractivity contribution is 7.17. The molecule has 0 spiro atoms. The molecule has 4 heterocycles. The van der Waals surface area contributed by atoms with Crippen LogP contribution in [-0.2, 0) is 11.2 Å². The van der Waals surface area contributed by atoms with Gasteiger partial charge in [-0.3, -0.25) is 9.59 Å². The highest BCUT2D eigenvalue weighted by Gasteiger charge is 2.30. The number of benzene rings is 1. The van der Waals surface area contributed by atoms with Gasteiger partial charge in [0.25, 0.3) is 11.8 Å². The number of hydrogen-bond donors (Lipinski definition) is 1. The van der Waals surface area contributed by atoms with E-state index in [2.05, 4.69) is 15.2 Å². The van der Waals surface area contributed by atoms with Crippen molar-refractivity contribution in [2.75, 3.05) is 42.6 Å². The molecular weight excluding hydrogens is 484 g/mol. The van der Waals surface area contributed by atoms with Gasteiger partial charge in [-0.2, -0.15) is 0 Å². The molecule has 180 valence electrons. The Bertz CT molecular complexity index is 1300. The van der Waals surface area contributed by atoms with Gasteiger partial charge in [-0.15, -0.1) is 11.3 Å². The minimum absolute atomic E-state index is 0.00278. The van der Waals surface area contributed by atoms with Crippen LogP contribution in [0.5, 0.6) is 0 Å². The Kier molecular flexibility index (Phi) is 5.96. The lowest BCUT2D eigenvalue weighted by atomic mass is 10.1. The zero-order valence-electron chi connectivity index (χ0n) is 19.1. The third-order valence-electron chi connectivity index (χ3n) is 6.59. The molecule has 0 unspecified atom stereocenters. The Labute approximate surface area is 212 Å². The number of aromatic nitrogens is 1. The smallest absolute Gasteiger partial charge is 0.276 e. The fourth-order valence-electron chi connectivity index (χ4n) is 4.59. The maximum atomic E-state index is 13.8. The van der Waals surface area contributed by atoms with E-state index in [0.717, 1.165) is 39.4 Å². The van der Waals surface area contributed by atoms with Crippen LogP contribution in [0.25, 0.3) is 10.4 Å². The quantitative estimate of drug-likeness (QED) is 0.565. The van der Waals surface area contributed by atoms with Crippen molar-refractivity contribution in [3.63, 3.8) is 0 Å². The summed E-state index contributed by atoms with van der Waals surface area (Å²) in [5.74, 6) is 0.455. The van der Waals surface area contributed by atoms with Crippen LogP contribution in [0.4, 0.5) is 11.5 Å². The number of hydrogen-bond acceptors (Lipinski definition) is 6. The van der Waals surface area contributed by atoms with Gasteiger partial charge in [-0.1, -0.05) is 29.8 Å².